The van der Waals surface area contributed by atoms with Crippen molar-refractivity contribution in [3.63, 3.8) is 0 Å². The fourth-order valence-electron chi connectivity index (χ4n) is 1.54. The molecule has 100 valence electrons. The van der Waals surface area contributed by atoms with Crippen LogP contribution in [0.15, 0.2) is 29.9 Å². The van der Waals surface area contributed by atoms with Gasteiger partial charge in [0.25, 0.3) is 5.91 Å². The lowest BCUT2D eigenvalue weighted by Crippen LogP contribution is -2.22. The number of rotatable bonds is 6. The number of nitrogens with one attached hydrogen (secondary N) is 1. The summed E-state index contributed by atoms with van der Waals surface area (Å²) in [6.45, 7) is 0.475. The number of nitrogens with zero attached hydrogens (tertiary/aromatic N) is 2. The van der Waals surface area contributed by atoms with Crippen molar-refractivity contribution in [1.82, 2.24) is 9.78 Å². The smallest absolute Gasteiger partial charge is 0.265 e. The number of aliphatic carboxylic acids is 1. The zero-order valence-electron chi connectivity index (χ0n) is 10.0. The molecule has 0 aliphatic carbocycles. The Kier molecular flexibility index (Phi) is 4.30. The zero-order valence-corrected chi connectivity index (χ0v) is 10.9. The lowest BCUT2D eigenvalue weighted by atomic mass is 10.3. The Hall–Kier alpha value is -2.15. The molecule has 0 radical (unpaired) electrons. The maximum absolute atomic E-state index is 11.8. The van der Waals surface area contributed by atoms with E-state index in [9.17, 15) is 14.7 Å². The summed E-state index contributed by atoms with van der Waals surface area (Å²) < 4.78 is 1.59. The maximum atomic E-state index is 11.8. The van der Waals surface area contributed by atoms with E-state index in [1.807, 2.05) is 11.4 Å². The average molecular weight is 278 g/mol. The summed E-state index contributed by atoms with van der Waals surface area (Å²) in [4.78, 5) is 22.7. The van der Waals surface area contributed by atoms with E-state index >= 15 is 0 Å². The molecule has 2 heterocycles. The summed E-state index contributed by atoms with van der Waals surface area (Å²) in [6, 6.07) is 3.55. The van der Waals surface area contributed by atoms with Crippen molar-refractivity contribution in [2.75, 3.05) is 5.32 Å². The molecule has 0 aliphatic heterocycles. The van der Waals surface area contributed by atoms with Crippen molar-refractivity contribution in [1.29, 1.82) is 0 Å². The van der Waals surface area contributed by atoms with Gasteiger partial charge in [0, 0.05) is 18.7 Å². The molecule has 0 atom stereocenters. The lowest BCUT2D eigenvalue weighted by Gasteiger charge is -2.02. The van der Waals surface area contributed by atoms with Crippen LogP contribution in [0.4, 0.5) is 5.69 Å². The molecule has 0 saturated heterocycles. The topological polar surface area (TPSA) is 87.0 Å². The molecule has 0 fully saturated rings. The van der Waals surface area contributed by atoms with Crippen molar-refractivity contribution in [3.05, 3.63) is 34.8 Å². The third-order valence-electron chi connectivity index (χ3n) is 2.40. The summed E-state index contributed by atoms with van der Waals surface area (Å²) in [5.74, 6) is -1.25. The number of hydrogen-bond acceptors (Lipinski definition) is 5. The quantitative estimate of drug-likeness (QED) is 0.843. The monoisotopic (exact) mass is 278 g/mol. The first-order valence-electron chi connectivity index (χ1n) is 5.72. The highest BCUT2D eigenvalue weighted by atomic mass is 32.1. The van der Waals surface area contributed by atoms with Gasteiger partial charge in [-0.05, 0) is 24.3 Å². The van der Waals surface area contributed by atoms with E-state index in [-0.39, 0.29) is 12.3 Å². The van der Waals surface area contributed by atoms with Crippen molar-refractivity contribution in [3.8, 4) is 0 Å². The molecule has 0 saturated carbocycles. The Morgan fingerprint density at radius 1 is 1.47 bits per heavy atom. The van der Waals surface area contributed by atoms with E-state index in [2.05, 4.69) is 10.4 Å². The maximum Gasteiger partial charge on any atom is 0.265 e. The van der Waals surface area contributed by atoms with Crippen LogP contribution in [0.3, 0.4) is 0 Å². The van der Waals surface area contributed by atoms with Gasteiger partial charge in [0.1, 0.15) is 0 Å². The fraction of sp³-hybridized carbons (Fsp3) is 0.250. The number of hydrogen-bond donors (Lipinski definition) is 1. The molecule has 0 unspecified atom stereocenters. The molecule has 2 aromatic rings. The van der Waals surface area contributed by atoms with Gasteiger partial charge < -0.3 is 15.2 Å². The molecule has 19 heavy (non-hydrogen) atoms. The van der Waals surface area contributed by atoms with Crippen molar-refractivity contribution >= 4 is 28.9 Å². The third kappa shape index (κ3) is 3.92. The number of aromatic nitrogens is 2. The van der Waals surface area contributed by atoms with E-state index < -0.39 is 5.97 Å². The van der Waals surface area contributed by atoms with Crippen LogP contribution in [0, 0.1) is 0 Å². The molecule has 1 amide bonds. The van der Waals surface area contributed by atoms with Crippen LogP contribution in [-0.2, 0) is 11.3 Å². The van der Waals surface area contributed by atoms with Gasteiger partial charge in [-0.3, -0.25) is 9.48 Å². The second-order valence-electron chi connectivity index (χ2n) is 3.90. The Bertz CT molecular complexity index is 563. The van der Waals surface area contributed by atoms with Gasteiger partial charge in [-0.1, -0.05) is 6.07 Å². The minimum absolute atomic E-state index is 0.00323. The number of carboxylic acids is 1. The van der Waals surface area contributed by atoms with E-state index in [1.54, 1.807) is 16.9 Å². The SMILES string of the molecule is O=C([O-])CCCn1cc(NC(=O)c2cccs2)cn1. The predicted octanol–water partition coefficient (Wildman–Crippen LogP) is 0.727. The Balaban J connectivity index is 1.87. The van der Waals surface area contributed by atoms with Gasteiger partial charge >= 0.3 is 0 Å². The lowest BCUT2D eigenvalue weighted by molar-refractivity contribution is -0.305. The highest BCUT2D eigenvalue weighted by Gasteiger charge is 2.07. The molecule has 7 heteroatoms. The van der Waals surface area contributed by atoms with Crippen LogP contribution >= 0.6 is 11.3 Å². The van der Waals surface area contributed by atoms with Gasteiger partial charge in [-0.2, -0.15) is 5.10 Å². The van der Waals surface area contributed by atoms with Crippen LogP contribution in [0.2, 0.25) is 0 Å². The first-order chi connectivity index (χ1) is 9.15. The van der Waals surface area contributed by atoms with E-state index in [0.717, 1.165) is 0 Å². The first kappa shape index (κ1) is 13.3. The zero-order chi connectivity index (χ0) is 13.7. The Morgan fingerprint density at radius 3 is 3.00 bits per heavy atom. The molecule has 0 aromatic carbocycles. The number of amides is 1. The van der Waals surface area contributed by atoms with E-state index in [1.165, 1.54) is 17.5 Å². The molecule has 0 bridgehead atoms. The molecular formula is C12H12N3O3S-. The number of anilines is 1. The predicted molar refractivity (Wildman–Crippen MR) is 68.7 cm³/mol. The highest BCUT2D eigenvalue weighted by molar-refractivity contribution is 7.12. The molecular weight excluding hydrogens is 266 g/mol. The van der Waals surface area contributed by atoms with Crippen LogP contribution in [-0.4, -0.2) is 21.7 Å². The van der Waals surface area contributed by atoms with Crippen molar-refractivity contribution in [2.45, 2.75) is 19.4 Å². The molecule has 0 aliphatic rings. The van der Waals surface area contributed by atoms with Gasteiger partial charge in [-0.25, -0.2) is 0 Å². The van der Waals surface area contributed by atoms with Crippen LogP contribution in [0.25, 0.3) is 0 Å². The fourth-order valence-corrected chi connectivity index (χ4v) is 2.16. The molecule has 6 nitrogen and oxygen atoms in total. The average Bonchev–Trinajstić information content (AvgIpc) is 2.99. The molecule has 2 aromatic heterocycles. The van der Waals surface area contributed by atoms with Gasteiger partial charge in [-0.15, -0.1) is 11.3 Å². The van der Waals surface area contributed by atoms with E-state index in [4.69, 9.17) is 0 Å². The second-order valence-corrected chi connectivity index (χ2v) is 4.85. The molecule has 0 spiro atoms. The minimum atomic E-state index is -1.07. The second kappa shape index (κ2) is 6.14. The van der Waals surface area contributed by atoms with Gasteiger partial charge in [0.15, 0.2) is 0 Å². The Labute approximate surface area is 113 Å². The summed E-state index contributed by atoms with van der Waals surface area (Å²) >= 11 is 1.36. The summed E-state index contributed by atoms with van der Waals surface area (Å²) in [5, 5.41) is 18.9. The van der Waals surface area contributed by atoms with Crippen LogP contribution in [0.1, 0.15) is 22.5 Å². The summed E-state index contributed by atoms with van der Waals surface area (Å²) in [6.07, 6.45) is 3.64. The molecule has 2 rings (SSSR count). The van der Waals surface area contributed by atoms with Crippen LogP contribution in [0.5, 0.6) is 0 Å². The largest absolute Gasteiger partial charge is 0.550 e. The number of carbonyl (C=O) groups excluding carboxylic acids is 2. The first-order valence-corrected chi connectivity index (χ1v) is 6.60. The Morgan fingerprint density at radius 2 is 2.32 bits per heavy atom. The normalized spacial score (nSPS) is 10.3. The van der Waals surface area contributed by atoms with Gasteiger partial charge in [0.05, 0.1) is 16.8 Å². The summed E-state index contributed by atoms with van der Waals surface area (Å²) in [5.41, 5.74) is 0.590. The van der Waals surface area contributed by atoms with Crippen molar-refractivity contribution < 1.29 is 14.7 Å². The highest BCUT2D eigenvalue weighted by Crippen LogP contribution is 2.12. The standard InChI is InChI=1S/C12H13N3O3S/c16-11(17)4-1-5-15-8-9(7-13-15)14-12(18)10-3-2-6-19-10/h2-3,6-8H,1,4-5H2,(H,14,18)(H,16,17)/p-1. The molecule has 1 N–H and O–H groups in total. The third-order valence-corrected chi connectivity index (χ3v) is 3.27. The van der Waals surface area contributed by atoms with Crippen molar-refractivity contribution in [2.24, 2.45) is 0 Å². The van der Waals surface area contributed by atoms with E-state index in [0.29, 0.717) is 23.5 Å². The number of thiophene rings is 1. The number of carbonyl (C=O) groups is 2. The minimum Gasteiger partial charge on any atom is -0.550 e. The van der Waals surface area contributed by atoms with Crippen LogP contribution < -0.4 is 10.4 Å². The summed E-state index contributed by atoms with van der Waals surface area (Å²) in [7, 11) is 0. The van der Waals surface area contributed by atoms with Gasteiger partial charge in [0.2, 0.25) is 0 Å². The number of aryl methyl sites for hydroxylation is 1. The number of carboxylic acid groups (broad SMARTS) is 1.